The summed E-state index contributed by atoms with van der Waals surface area (Å²) in [7, 11) is 0.203. The Hall–Kier alpha value is -0.123. The van der Waals surface area contributed by atoms with Gasteiger partial charge in [-0.3, -0.25) is 0 Å². The van der Waals surface area contributed by atoms with Crippen LogP contribution in [-0.4, -0.2) is 21.7 Å². The van der Waals surface area contributed by atoms with Crippen molar-refractivity contribution in [2.75, 3.05) is 7.11 Å². The molecule has 0 aromatic rings. The van der Waals surface area contributed by atoms with Gasteiger partial charge in [-0.25, -0.2) is 0 Å². The molecule has 0 saturated heterocycles. The molecule has 0 saturated carbocycles. The average Bonchev–Trinajstić information content (AvgIpc) is 1.84. The van der Waals surface area contributed by atoms with Crippen molar-refractivity contribution >= 4 is 8.32 Å². The Kier molecular flexibility index (Phi) is 4.64. The van der Waals surface area contributed by atoms with E-state index in [1.165, 1.54) is 0 Å². The number of allylic oxidation sites excluding steroid dienone is 1. The molecule has 0 rings (SSSR count). The lowest BCUT2D eigenvalue weighted by molar-refractivity contribution is -0.0215. The molecule has 0 spiro atoms. The van der Waals surface area contributed by atoms with Crippen LogP contribution in [0.4, 0.5) is 0 Å². The van der Waals surface area contributed by atoms with E-state index < -0.39 is 8.32 Å². The van der Waals surface area contributed by atoms with Crippen LogP contribution in [0.2, 0.25) is 19.6 Å². The fourth-order valence-electron chi connectivity index (χ4n) is 0.672. The summed E-state index contributed by atoms with van der Waals surface area (Å²) in [6.07, 6.45) is 3.69. The smallest absolute Gasteiger partial charge is 0.187 e. The fourth-order valence-corrected chi connectivity index (χ4v) is 1.54. The van der Waals surface area contributed by atoms with Gasteiger partial charge in [0.15, 0.2) is 14.6 Å². The van der Waals surface area contributed by atoms with Crippen molar-refractivity contribution in [3.8, 4) is 0 Å². The van der Waals surface area contributed by atoms with E-state index in [4.69, 9.17) is 9.16 Å². The summed E-state index contributed by atoms with van der Waals surface area (Å²) in [5, 5.41) is 0. The second-order valence-corrected chi connectivity index (χ2v) is 7.82. The molecule has 3 heteroatoms. The molecule has 11 heavy (non-hydrogen) atoms. The van der Waals surface area contributed by atoms with Crippen LogP contribution in [0.1, 0.15) is 6.92 Å². The third kappa shape index (κ3) is 6.28. The Morgan fingerprint density at radius 2 is 1.82 bits per heavy atom. The van der Waals surface area contributed by atoms with Crippen molar-refractivity contribution in [2.45, 2.75) is 32.9 Å². The lowest BCUT2D eigenvalue weighted by Gasteiger charge is -2.22. The van der Waals surface area contributed by atoms with Gasteiger partial charge in [0.25, 0.3) is 0 Å². The summed E-state index contributed by atoms with van der Waals surface area (Å²) in [5.41, 5.74) is 0. The molecule has 0 aromatic heterocycles. The van der Waals surface area contributed by atoms with Crippen LogP contribution >= 0.6 is 0 Å². The number of hydrogen-bond acceptors (Lipinski definition) is 2. The molecule has 0 aromatic carbocycles. The summed E-state index contributed by atoms with van der Waals surface area (Å²) >= 11 is 0. The van der Waals surface area contributed by atoms with Gasteiger partial charge in [0.2, 0.25) is 0 Å². The minimum Gasteiger partial charge on any atom is -0.390 e. The topological polar surface area (TPSA) is 18.5 Å². The molecule has 1 atom stereocenters. The molecule has 0 heterocycles. The minimum absolute atomic E-state index is 0.160. The lowest BCUT2D eigenvalue weighted by atomic mass is 10.5. The highest BCUT2D eigenvalue weighted by molar-refractivity contribution is 6.69. The SMILES string of the molecule is CC=CC(OC)O[Si](C)(C)C. The van der Waals surface area contributed by atoms with Crippen LogP contribution < -0.4 is 0 Å². The second kappa shape index (κ2) is 4.69. The molecule has 0 bridgehead atoms. The van der Waals surface area contributed by atoms with Gasteiger partial charge in [0, 0.05) is 7.11 Å². The highest BCUT2D eigenvalue weighted by Gasteiger charge is 2.18. The number of ether oxygens (including phenoxy) is 1. The zero-order valence-corrected chi connectivity index (χ0v) is 9.05. The van der Waals surface area contributed by atoms with Gasteiger partial charge in [-0.1, -0.05) is 6.08 Å². The third-order valence-electron chi connectivity index (χ3n) is 1.05. The van der Waals surface area contributed by atoms with Gasteiger partial charge < -0.3 is 9.16 Å². The molecule has 0 aliphatic carbocycles. The zero-order chi connectivity index (χ0) is 8.91. The first-order valence-electron chi connectivity index (χ1n) is 3.83. The normalized spacial score (nSPS) is 15.7. The van der Waals surface area contributed by atoms with Crippen LogP contribution in [-0.2, 0) is 9.16 Å². The Morgan fingerprint density at radius 1 is 1.27 bits per heavy atom. The Bertz CT molecular complexity index is 127. The van der Waals surface area contributed by atoms with E-state index in [1.807, 2.05) is 19.1 Å². The predicted molar refractivity (Wildman–Crippen MR) is 50.0 cm³/mol. The molecule has 0 N–H and O–H groups in total. The molecule has 0 fully saturated rings. The Morgan fingerprint density at radius 3 is 2.09 bits per heavy atom. The maximum atomic E-state index is 5.66. The van der Waals surface area contributed by atoms with Crippen molar-refractivity contribution < 1.29 is 9.16 Å². The maximum Gasteiger partial charge on any atom is 0.187 e. The second-order valence-electron chi connectivity index (χ2n) is 3.36. The Balaban J connectivity index is 3.88. The quantitative estimate of drug-likeness (QED) is 0.370. The van der Waals surface area contributed by atoms with Gasteiger partial charge in [-0.2, -0.15) is 0 Å². The van der Waals surface area contributed by atoms with Gasteiger partial charge in [-0.05, 0) is 32.6 Å². The first-order valence-corrected chi connectivity index (χ1v) is 7.24. The molecule has 0 amide bonds. The van der Waals surface area contributed by atoms with Gasteiger partial charge >= 0.3 is 0 Å². The third-order valence-corrected chi connectivity index (χ3v) is 1.99. The zero-order valence-electron chi connectivity index (χ0n) is 8.05. The lowest BCUT2D eigenvalue weighted by Crippen LogP contribution is -2.31. The minimum atomic E-state index is -1.45. The summed E-state index contributed by atoms with van der Waals surface area (Å²) in [6, 6.07) is 0. The van der Waals surface area contributed by atoms with Crippen molar-refractivity contribution in [1.82, 2.24) is 0 Å². The first kappa shape index (κ1) is 10.9. The highest BCUT2D eigenvalue weighted by atomic mass is 28.4. The predicted octanol–water partition coefficient (Wildman–Crippen LogP) is 2.39. The summed E-state index contributed by atoms with van der Waals surface area (Å²) < 4.78 is 10.7. The molecule has 0 radical (unpaired) electrons. The van der Waals surface area contributed by atoms with Crippen molar-refractivity contribution in [1.29, 1.82) is 0 Å². The summed E-state index contributed by atoms with van der Waals surface area (Å²) in [4.78, 5) is 0. The van der Waals surface area contributed by atoms with E-state index in [2.05, 4.69) is 19.6 Å². The molecule has 1 unspecified atom stereocenters. The first-order chi connectivity index (χ1) is 4.99. The van der Waals surface area contributed by atoms with Gasteiger partial charge in [0.05, 0.1) is 0 Å². The van der Waals surface area contributed by atoms with Crippen LogP contribution in [0.25, 0.3) is 0 Å². The average molecular weight is 174 g/mol. The largest absolute Gasteiger partial charge is 0.390 e. The van der Waals surface area contributed by atoms with Crippen LogP contribution in [0.15, 0.2) is 12.2 Å². The molecular formula is C8H18O2Si. The molecule has 66 valence electrons. The maximum absolute atomic E-state index is 5.66. The fraction of sp³-hybridized carbons (Fsp3) is 0.750. The highest BCUT2D eigenvalue weighted by Crippen LogP contribution is 2.08. The van der Waals surface area contributed by atoms with E-state index in [0.717, 1.165) is 0 Å². The number of methoxy groups -OCH3 is 1. The molecule has 0 aliphatic rings. The van der Waals surface area contributed by atoms with Crippen molar-refractivity contribution in [2.24, 2.45) is 0 Å². The van der Waals surface area contributed by atoms with Crippen LogP contribution in [0.3, 0.4) is 0 Å². The van der Waals surface area contributed by atoms with E-state index in [0.29, 0.717) is 0 Å². The van der Waals surface area contributed by atoms with Crippen molar-refractivity contribution in [3.05, 3.63) is 12.2 Å². The molecule has 0 aliphatic heterocycles. The Labute approximate surface area is 70.3 Å². The molecule has 2 nitrogen and oxygen atoms in total. The number of hydrogen-bond donors (Lipinski definition) is 0. The van der Waals surface area contributed by atoms with Gasteiger partial charge in [-0.15, -0.1) is 0 Å². The number of rotatable bonds is 4. The van der Waals surface area contributed by atoms with E-state index in [9.17, 15) is 0 Å². The van der Waals surface area contributed by atoms with E-state index in [1.54, 1.807) is 7.11 Å². The molecular weight excluding hydrogens is 156 g/mol. The van der Waals surface area contributed by atoms with Crippen LogP contribution in [0.5, 0.6) is 0 Å². The van der Waals surface area contributed by atoms with Crippen LogP contribution in [0, 0.1) is 0 Å². The van der Waals surface area contributed by atoms with E-state index in [-0.39, 0.29) is 6.29 Å². The standard InChI is InChI=1S/C8H18O2Si/c1-6-7-8(9-2)10-11(3,4)5/h6-8H,1-5H3. The monoisotopic (exact) mass is 174 g/mol. The van der Waals surface area contributed by atoms with Gasteiger partial charge in [0.1, 0.15) is 0 Å². The summed E-state index contributed by atoms with van der Waals surface area (Å²) in [6.45, 7) is 8.38. The summed E-state index contributed by atoms with van der Waals surface area (Å²) in [5.74, 6) is 0. The van der Waals surface area contributed by atoms with E-state index >= 15 is 0 Å². The van der Waals surface area contributed by atoms with Crippen molar-refractivity contribution in [3.63, 3.8) is 0 Å².